The summed E-state index contributed by atoms with van der Waals surface area (Å²) in [6.45, 7) is 2.20. The van der Waals surface area contributed by atoms with Crippen molar-refractivity contribution in [2.75, 3.05) is 19.7 Å². The summed E-state index contributed by atoms with van der Waals surface area (Å²) in [6, 6.07) is 13.6. The van der Waals surface area contributed by atoms with Crippen molar-refractivity contribution in [2.45, 2.75) is 19.4 Å². The normalized spacial score (nSPS) is 11.2. The third-order valence-corrected chi connectivity index (χ3v) is 4.17. The van der Waals surface area contributed by atoms with Crippen LogP contribution in [0.1, 0.15) is 17.7 Å². The van der Waals surface area contributed by atoms with Crippen LogP contribution in [-0.4, -0.2) is 35.8 Å². The van der Waals surface area contributed by atoms with Crippen molar-refractivity contribution in [2.24, 2.45) is 10.7 Å². The monoisotopic (exact) mass is 405 g/mol. The molecule has 0 fully saturated rings. The topological polar surface area (TPSA) is 84.6 Å². The second kappa shape index (κ2) is 12.2. The number of thiocarbonyl (C=S) groups is 1. The lowest BCUT2D eigenvalue weighted by Crippen LogP contribution is -2.43. The maximum absolute atomic E-state index is 6.08. The molecule has 0 atom stereocenters. The molecular weight excluding hydrogens is 382 g/mol. The number of benzene rings is 1. The molecule has 6 nitrogen and oxygen atoms in total. The number of guanidine groups is 1. The fourth-order valence-electron chi connectivity index (χ4n) is 2.26. The van der Waals surface area contributed by atoms with Gasteiger partial charge in [0.2, 0.25) is 0 Å². The van der Waals surface area contributed by atoms with Crippen LogP contribution in [0.25, 0.3) is 0 Å². The van der Waals surface area contributed by atoms with E-state index >= 15 is 0 Å². The smallest absolute Gasteiger partial charge is 0.194 e. The predicted molar refractivity (Wildman–Crippen MR) is 114 cm³/mol. The van der Waals surface area contributed by atoms with Crippen molar-refractivity contribution in [3.05, 3.63) is 64.9 Å². The summed E-state index contributed by atoms with van der Waals surface area (Å²) >= 11 is 11.3. The molecule has 0 spiro atoms. The molecule has 0 aliphatic carbocycles. The fourth-order valence-corrected chi connectivity index (χ4v) is 2.68. The SMILES string of the molecule is NC(=NCCOCc1ccccc1)NC(=S)NCCCc1ncccc1Cl. The molecule has 0 radical (unpaired) electrons. The van der Waals surface area contributed by atoms with Gasteiger partial charge in [0.15, 0.2) is 11.1 Å². The molecule has 4 N–H and O–H groups in total. The van der Waals surface area contributed by atoms with Crippen LogP contribution in [0.3, 0.4) is 0 Å². The van der Waals surface area contributed by atoms with Gasteiger partial charge in [-0.2, -0.15) is 0 Å². The summed E-state index contributed by atoms with van der Waals surface area (Å²) in [5, 5.41) is 7.06. The van der Waals surface area contributed by atoms with Crippen LogP contribution in [0.5, 0.6) is 0 Å². The number of aromatic nitrogens is 1. The Balaban J connectivity index is 1.55. The summed E-state index contributed by atoms with van der Waals surface area (Å²) < 4.78 is 5.55. The summed E-state index contributed by atoms with van der Waals surface area (Å²) in [6.07, 6.45) is 3.36. The van der Waals surface area contributed by atoms with Gasteiger partial charge in [0.25, 0.3) is 0 Å². The third-order valence-electron chi connectivity index (χ3n) is 3.58. The molecule has 1 aromatic carbocycles. The standard InChI is InChI=1S/C19H24ClN5OS/c20-16-8-4-10-22-17(16)9-5-11-24-19(27)25-18(21)23-12-13-26-14-15-6-2-1-3-7-15/h1-4,6-8,10H,5,9,11-14H2,(H4,21,23,24,25,27). The first-order chi connectivity index (χ1) is 13.1. The molecule has 0 unspecified atom stereocenters. The number of aliphatic imine (C=N–C) groups is 1. The molecule has 0 aliphatic rings. The molecule has 0 amide bonds. The van der Waals surface area contributed by atoms with Crippen molar-refractivity contribution in [1.29, 1.82) is 0 Å². The maximum atomic E-state index is 6.08. The van der Waals surface area contributed by atoms with Crippen LogP contribution in [0.4, 0.5) is 0 Å². The van der Waals surface area contributed by atoms with Gasteiger partial charge in [-0.25, -0.2) is 0 Å². The van der Waals surface area contributed by atoms with Crippen LogP contribution < -0.4 is 16.4 Å². The van der Waals surface area contributed by atoms with E-state index in [0.717, 1.165) is 24.1 Å². The van der Waals surface area contributed by atoms with Crippen LogP contribution in [-0.2, 0) is 17.8 Å². The van der Waals surface area contributed by atoms with Crippen LogP contribution in [0, 0.1) is 0 Å². The lowest BCUT2D eigenvalue weighted by Gasteiger charge is -2.10. The minimum absolute atomic E-state index is 0.267. The molecule has 2 aromatic rings. The number of rotatable bonds is 9. The Morgan fingerprint density at radius 2 is 2.04 bits per heavy atom. The van der Waals surface area contributed by atoms with Crippen molar-refractivity contribution in [3.8, 4) is 0 Å². The number of aryl methyl sites for hydroxylation is 1. The number of hydrogen-bond acceptors (Lipinski definition) is 4. The third kappa shape index (κ3) is 8.81. The Bertz CT molecular complexity index is 742. The molecule has 0 saturated carbocycles. The highest BCUT2D eigenvalue weighted by molar-refractivity contribution is 7.80. The van der Waals surface area contributed by atoms with Gasteiger partial charge in [0.05, 0.1) is 30.5 Å². The Morgan fingerprint density at radius 3 is 2.81 bits per heavy atom. The zero-order valence-corrected chi connectivity index (χ0v) is 16.6. The van der Waals surface area contributed by atoms with Gasteiger partial charge in [0, 0.05) is 12.7 Å². The lowest BCUT2D eigenvalue weighted by molar-refractivity contribution is 0.128. The van der Waals surface area contributed by atoms with Crippen molar-refractivity contribution in [1.82, 2.24) is 15.6 Å². The average Bonchev–Trinajstić information content (AvgIpc) is 2.67. The number of nitrogens with one attached hydrogen (secondary N) is 2. The van der Waals surface area contributed by atoms with Crippen LogP contribution in [0.2, 0.25) is 5.02 Å². The van der Waals surface area contributed by atoms with Gasteiger partial charge >= 0.3 is 0 Å². The van der Waals surface area contributed by atoms with E-state index in [4.69, 9.17) is 34.3 Å². The number of pyridine rings is 1. The van der Waals surface area contributed by atoms with Gasteiger partial charge in [0.1, 0.15) is 0 Å². The highest BCUT2D eigenvalue weighted by atomic mass is 35.5. The minimum Gasteiger partial charge on any atom is -0.375 e. The molecule has 0 saturated heterocycles. The number of ether oxygens (including phenoxy) is 1. The van der Waals surface area contributed by atoms with E-state index in [0.29, 0.717) is 36.4 Å². The van der Waals surface area contributed by atoms with Gasteiger partial charge in [-0.15, -0.1) is 0 Å². The van der Waals surface area contributed by atoms with Crippen molar-refractivity contribution < 1.29 is 4.74 Å². The number of nitrogens with zero attached hydrogens (tertiary/aromatic N) is 2. The van der Waals surface area contributed by atoms with Crippen molar-refractivity contribution in [3.63, 3.8) is 0 Å². The number of halogens is 1. The molecular formula is C19H24ClN5OS. The quantitative estimate of drug-likeness (QED) is 0.257. The van der Waals surface area contributed by atoms with Gasteiger partial charge in [-0.05, 0) is 42.8 Å². The molecule has 0 aliphatic heterocycles. The highest BCUT2D eigenvalue weighted by Gasteiger charge is 2.02. The maximum Gasteiger partial charge on any atom is 0.194 e. The number of hydrogen-bond donors (Lipinski definition) is 3. The average molecular weight is 406 g/mol. The van der Waals surface area contributed by atoms with E-state index in [2.05, 4.69) is 20.6 Å². The molecule has 8 heteroatoms. The Kier molecular flexibility index (Phi) is 9.54. The molecule has 2 rings (SSSR count). The Hall–Kier alpha value is -2.22. The first-order valence-corrected chi connectivity index (χ1v) is 9.49. The molecule has 144 valence electrons. The van der Waals surface area contributed by atoms with E-state index in [1.807, 2.05) is 42.5 Å². The summed E-state index contributed by atoms with van der Waals surface area (Å²) in [5.74, 6) is 0.267. The van der Waals surface area contributed by atoms with Gasteiger partial charge in [-0.1, -0.05) is 41.9 Å². The summed E-state index contributed by atoms with van der Waals surface area (Å²) in [4.78, 5) is 8.44. The van der Waals surface area contributed by atoms with Crippen LogP contribution in [0.15, 0.2) is 53.7 Å². The molecule has 0 bridgehead atoms. The summed E-state index contributed by atoms with van der Waals surface area (Å²) in [5.41, 5.74) is 7.83. The second-order valence-corrected chi connectivity index (χ2v) is 6.54. The van der Waals surface area contributed by atoms with E-state index in [1.165, 1.54) is 0 Å². The zero-order valence-electron chi connectivity index (χ0n) is 15.0. The largest absolute Gasteiger partial charge is 0.375 e. The summed E-state index contributed by atoms with van der Waals surface area (Å²) in [7, 11) is 0. The first-order valence-electron chi connectivity index (χ1n) is 8.71. The van der Waals surface area contributed by atoms with E-state index in [-0.39, 0.29) is 5.96 Å². The fraction of sp³-hybridized carbons (Fsp3) is 0.316. The van der Waals surface area contributed by atoms with E-state index < -0.39 is 0 Å². The first kappa shape index (κ1) is 21.1. The van der Waals surface area contributed by atoms with Gasteiger partial charge in [-0.3, -0.25) is 9.98 Å². The second-order valence-electron chi connectivity index (χ2n) is 5.72. The zero-order chi connectivity index (χ0) is 19.3. The van der Waals surface area contributed by atoms with Gasteiger partial charge < -0.3 is 21.1 Å². The van der Waals surface area contributed by atoms with E-state index in [9.17, 15) is 0 Å². The number of nitrogens with two attached hydrogens (primary N) is 1. The lowest BCUT2D eigenvalue weighted by atomic mass is 10.2. The highest BCUT2D eigenvalue weighted by Crippen LogP contribution is 2.13. The van der Waals surface area contributed by atoms with Crippen molar-refractivity contribution >= 4 is 34.9 Å². The van der Waals surface area contributed by atoms with Crippen LogP contribution >= 0.6 is 23.8 Å². The van der Waals surface area contributed by atoms with E-state index in [1.54, 1.807) is 6.20 Å². The Labute approximate surface area is 170 Å². The minimum atomic E-state index is 0.267. The molecule has 1 heterocycles. The molecule has 1 aromatic heterocycles. The molecule has 27 heavy (non-hydrogen) atoms. The Morgan fingerprint density at radius 1 is 1.22 bits per heavy atom. The predicted octanol–water partition coefficient (Wildman–Crippen LogP) is 2.66.